The van der Waals surface area contributed by atoms with Gasteiger partial charge in [-0.15, -0.1) is 0 Å². The number of hydrogen-bond acceptors (Lipinski definition) is 2. The largest absolute Gasteiger partial charge is 0.416 e. The molecule has 1 aromatic carbocycles. The molecule has 0 aliphatic carbocycles. The second-order valence-electron chi connectivity index (χ2n) is 4.10. The molecule has 0 aliphatic rings. The summed E-state index contributed by atoms with van der Waals surface area (Å²) in [4.78, 5) is 0. The van der Waals surface area contributed by atoms with Crippen molar-refractivity contribution < 1.29 is 13.2 Å². The summed E-state index contributed by atoms with van der Waals surface area (Å²) in [6, 6.07) is 4.06. The predicted octanol–water partition coefficient (Wildman–Crippen LogP) is 3.14. The summed E-state index contributed by atoms with van der Waals surface area (Å²) in [6.45, 7) is 0. The van der Waals surface area contributed by atoms with Crippen LogP contribution in [-0.2, 0) is 13.2 Å². The third kappa shape index (κ3) is 2.74. The first kappa shape index (κ1) is 13.9. The monoisotopic (exact) mass is 289 g/mol. The summed E-state index contributed by atoms with van der Waals surface area (Å²) < 4.78 is 38.9. The normalized spacial score (nSPS) is 13.6. The van der Waals surface area contributed by atoms with Gasteiger partial charge in [0.15, 0.2) is 0 Å². The van der Waals surface area contributed by atoms with Crippen molar-refractivity contribution in [2.24, 2.45) is 12.8 Å². The van der Waals surface area contributed by atoms with Gasteiger partial charge in [0.2, 0.25) is 0 Å². The summed E-state index contributed by atoms with van der Waals surface area (Å²) in [5.74, 6) is 0. The molecule has 0 saturated heterocycles. The Morgan fingerprint density at radius 2 is 1.84 bits per heavy atom. The van der Waals surface area contributed by atoms with Crippen LogP contribution >= 0.6 is 11.6 Å². The second kappa shape index (κ2) is 4.86. The molecule has 2 N–H and O–H groups in total. The third-order valence-electron chi connectivity index (χ3n) is 2.83. The molecule has 1 heterocycles. The summed E-state index contributed by atoms with van der Waals surface area (Å²) in [7, 11) is 1.67. The predicted molar refractivity (Wildman–Crippen MR) is 65.7 cm³/mol. The average Bonchev–Trinajstić information content (AvgIpc) is 2.67. The number of benzene rings is 1. The Morgan fingerprint density at radius 1 is 1.26 bits per heavy atom. The molecule has 1 unspecified atom stereocenters. The molecule has 0 fully saturated rings. The first-order valence-electron chi connectivity index (χ1n) is 5.41. The van der Waals surface area contributed by atoms with Crippen molar-refractivity contribution in [1.82, 2.24) is 9.78 Å². The maximum absolute atomic E-state index is 12.5. The van der Waals surface area contributed by atoms with Crippen molar-refractivity contribution in [3.8, 4) is 0 Å². The number of aryl methyl sites for hydroxylation is 1. The van der Waals surface area contributed by atoms with Crippen LogP contribution in [-0.4, -0.2) is 9.78 Å². The molecular formula is C12H11ClF3N3. The number of aromatic nitrogens is 2. The van der Waals surface area contributed by atoms with Gasteiger partial charge in [-0.3, -0.25) is 4.68 Å². The highest BCUT2D eigenvalue weighted by atomic mass is 35.5. The lowest BCUT2D eigenvalue weighted by molar-refractivity contribution is -0.137. The van der Waals surface area contributed by atoms with Gasteiger partial charge in [-0.2, -0.15) is 18.3 Å². The first-order chi connectivity index (χ1) is 8.80. The Morgan fingerprint density at radius 3 is 2.26 bits per heavy atom. The number of alkyl halides is 3. The maximum Gasteiger partial charge on any atom is 0.416 e. The van der Waals surface area contributed by atoms with Crippen molar-refractivity contribution in [3.05, 3.63) is 52.3 Å². The van der Waals surface area contributed by atoms with E-state index in [1.807, 2.05) is 0 Å². The van der Waals surface area contributed by atoms with Crippen LogP contribution in [0.4, 0.5) is 13.2 Å². The van der Waals surface area contributed by atoms with E-state index in [1.54, 1.807) is 7.05 Å². The summed E-state index contributed by atoms with van der Waals surface area (Å²) in [6.07, 6.45) is -2.91. The number of nitrogens with zero attached hydrogens (tertiary/aromatic N) is 2. The lowest BCUT2D eigenvalue weighted by atomic mass is 10.0. The molecule has 0 aliphatic heterocycles. The zero-order chi connectivity index (χ0) is 14.2. The Hall–Kier alpha value is -1.53. The van der Waals surface area contributed by atoms with E-state index in [2.05, 4.69) is 5.10 Å². The highest BCUT2D eigenvalue weighted by Crippen LogP contribution is 2.31. The van der Waals surface area contributed by atoms with Crippen LogP contribution in [0.5, 0.6) is 0 Å². The molecule has 0 spiro atoms. The topological polar surface area (TPSA) is 43.8 Å². The minimum absolute atomic E-state index is 0.384. The highest BCUT2D eigenvalue weighted by molar-refractivity contribution is 6.31. The standard InChI is InChI=1S/C12H11ClF3N3/c1-19-11(9(13)6-18-19)10(17)7-2-4-8(5-3-7)12(14,15)16/h2-6,10H,17H2,1H3. The molecule has 19 heavy (non-hydrogen) atoms. The zero-order valence-electron chi connectivity index (χ0n) is 9.95. The number of nitrogens with two attached hydrogens (primary N) is 1. The lowest BCUT2D eigenvalue weighted by Gasteiger charge is -2.14. The van der Waals surface area contributed by atoms with Crippen LogP contribution in [0.2, 0.25) is 5.02 Å². The van der Waals surface area contributed by atoms with Crippen molar-refractivity contribution in [2.75, 3.05) is 0 Å². The minimum Gasteiger partial charge on any atom is -0.319 e. The molecule has 102 valence electrons. The van der Waals surface area contributed by atoms with E-state index < -0.39 is 17.8 Å². The maximum atomic E-state index is 12.5. The van der Waals surface area contributed by atoms with Gasteiger partial charge < -0.3 is 5.73 Å². The molecule has 3 nitrogen and oxygen atoms in total. The number of hydrogen-bond donors (Lipinski definition) is 1. The highest BCUT2D eigenvalue weighted by Gasteiger charge is 2.30. The third-order valence-corrected chi connectivity index (χ3v) is 3.12. The fourth-order valence-corrected chi connectivity index (χ4v) is 2.09. The van der Waals surface area contributed by atoms with E-state index in [-0.39, 0.29) is 0 Å². The van der Waals surface area contributed by atoms with E-state index in [0.29, 0.717) is 16.3 Å². The van der Waals surface area contributed by atoms with E-state index in [1.165, 1.54) is 23.0 Å². The Bertz CT molecular complexity index is 555. The van der Waals surface area contributed by atoms with Gasteiger partial charge in [-0.05, 0) is 17.7 Å². The Balaban J connectivity index is 2.33. The SMILES string of the molecule is Cn1ncc(Cl)c1C(N)c1ccc(C(F)(F)F)cc1. The van der Waals surface area contributed by atoms with E-state index in [4.69, 9.17) is 17.3 Å². The molecule has 1 aromatic heterocycles. The van der Waals surface area contributed by atoms with Crippen LogP contribution in [0.3, 0.4) is 0 Å². The van der Waals surface area contributed by atoms with Crippen molar-refractivity contribution in [3.63, 3.8) is 0 Å². The van der Waals surface area contributed by atoms with Crippen molar-refractivity contribution in [1.29, 1.82) is 0 Å². The number of rotatable bonds is 2. The summed E-state index contributed by atoms with van der Waals surface area (Å²) in [5.41, 5.74) is 6.38. The molecular weight excluding hydrogens is 279 g/mol. The lowest BCUT2D eigenvalue weighted by Crippen LogP contribution is -2.16. The van der Waals surface area contributed by atoms with E-state index in [9.17, 15) is 13.2 Å². The Labute approximate surface area is 112 Å². The van der Waals surface area contributed by atoms with E-state index >= 15 is 0 Å². The summed E-state index contributed by atoms with van der Waals surface area (Å²) in [5, 5.41) is 4.33. The molecule has 2 rings (SSSR count). The fourth-order valence-electron chi connectivity index (χ4n) is 1.81. The van der Waals surface area contributed by atoms with Crippen LogP contribution in [0, 0.1) is 0 Å². The molecule has 1 atom stereocenters. The van der Waals surface area contributed by atoms with E-state index in [0.717, 1.165) is 12.1 Å². The van der Waals surface area contributed by atoms with Crippen LogP contribution < -0.4 is 5.73 Å². The minimum atomic E-state index is -4.35. The van der Waals surface area contributed by atoms with Gasteiger partial charge in [0.1, 0.15) is 0 Å². The zero-order valence-corrected chi connectivity index (χ0v) is 10.7. The van der Waals surface area contributed by atoms with Gasteiger partial charge in [0.25, 0.3) is 0 Å². The van der Waals surface area contributed by atoms with Crippen LogP contribution in [0.1, 0.15) is 22.9 Å². The molecule has 2 aromatic rings. The first-order valence-corrected chi connectivity index (χ1v) is 5.78. The smallest absolute Gasteiger partial charge is 0.319 e. The quantitative estimate of drug-likeness (QED) is 0.923. The second-order valence-corrected chi connectivity index (χ2v) is 4.51. The summed E-state index contributed by atoms with van der Waals surface area (Å²) >= 11 is 5.95. The van der Waals surface area contributed by atoms with Crippen LogP contribution in [0.25, 0.3) is 0 Å². The Kier molecular flexibility index (Phi) is 3.56. The molecule has 0 amide bonds. The molecule has 0 radical (unpaired) electrons. The fraction of sp³-hybridized carbons (Fsp3) is 0.250. The van der Waals surface area contributed by atoms with Gasteiger partial charge in [0.05, 0.1) is 28.5 Å². The molecule has 7 heteroatoms. The van der Waals surface area contributed by atoms with Gasteiger partial charge >= 0.3 is 6.18 Å². The number of halogens is 4. The van der Waals surface area contributed by atoms with Crippen LogP contribution in [0.15, 0.2) is 30.5 Å². The molecule has 0 bridgehead atoms. The molecule has 0 saturated carbocycles. The van der Waals surface area contributed by atoms with Crippen molar-refractivity contribution in [2.45, 2.75) is 12.2 Å². The van der Waals surface area contributed by atoms with Gasteiger partial charge in [-0.25, -0.2) is 0 Å². The average molecular weight is 290 g/mol. The van der Waals surface area contributed by atoms with Gasteiger partial charge in [-0.1, -0.05) is 23.7 Å². The van der Waals surface area contributed by atoms with Crippen molar-refractivity contribution >= 4 is 11.6 Å². The van der Waals surface area contributed by atoms with Gasteiger partial charge in [0, 0.05) is 7.05 Å².